The second-order valence-corrected chi connectivity index (χ2v) is 7.29. The molecule has 0 aliphatic carbocycles. The molecule has 1 heterocycles. The van der Waals surface area contributed by atoms with Gasteiger partial charge in [0.2, 0.25) is 10.0 Å². The van der Waals surface area contributed by atoms with Crippen molar-refractivity contribution in [2.24, 2.45) is 0 Å². The van der Waals surface area contributed by atoms with Crippen molar-refractivity contribution in [1.82, 2.24) is 9.62 Å². The van der Waals surface area contributed by atoms with Gasteiger partial charge in [0.05, 0.1) is 11.5 Å². The number of aryl methyl sites for hydroxylation is 1. The van der Waals surface area contributed by atoms with E-state index in [1.807, 2.05) is 20.9 Å². The third-order valence-corrected chi connectivity index (χ3v) is 5.74. The quantitative estimate of drug-likeness (QED) is 0.900. The summed E-state index contributed by atoms with van der Waals surface area (Å²) in [7, 11) is -1.54. The van der Waals surface area contributed by atoms with Crippen molar-refractivity contribution < 1.29 is 13.2 Å². The van der Waals surface area contributed by atoms with Crippen molar-refractivity contribution in [1.29, 1.82) is 0 Å². The zero-order valence-corrected chi connectivity index (χ0v) is 13.7. The van der Waals surface area contributed by atoms with E-state index in [-0.39, 0.29) is 6.04 Å². The van der Waals surface area contributed by atoms with Gasteiger partial charge in [-0.05, 0) is 57.5 Å². The van der Waals surface area contributed by atoms with Crippen LogP contribution in [0.15, 0.2) is 23.1 Å². The number of rotatable bonds is 5. The van der Waals surface area contributed by atoms with Gasteiger partial charge in [-0.2, -0.15) is 4.31 Å². The molecule has 1 atom stereocenters. The summed E-state index contributed by atoms with van der Waals surface area (Å²) in [5, 5.41) is 3.17. The number of nitrogens with zero attached hydrogens (tertiary/aromatic N) is 1. The molecule has 0 amide bonds. The summed E-state index contributed by atoms with van der Waals surface area (Å²) < 4.78 is 32.5. The average Bonchev–Trinajstić information content (AvgIpc) is 2.49. The monoisotopic (exact) mass is 312 g/mol. The number of benzene rings is 1. The molecule has 1 fully saturated rings. The number of ether oxygens (including phenoxy) is 1. The molecule has 1 aromatic carbocycles. The molecule has 21 heavy (non-hydrogen) atoms. The Morgan fingerprint density at radius 2 is 2.19 bits per heavy atom. The summed E-state index contributed by atoms with van der Waals surface area (Å²) in [6, 6.07) is 5.31. The van der Waals surface area contributed by atoms with Crippen molar-refractivity contribution in [3.8, 4) is 5.75 Å². The Morgan fingerprint density at radius 1 is 1.43 bits per heavy atom. The highest BCUT2D eigenvalue weighted by Crippen LogP contribution is 2.25. The standard InChI is InChI=1S/C15H24N2O3S/c1-4-20-15-8-7-14(10-12(15)2)21(18,19)17-9-5-6-13(11-17)16-3/h7-8,10,13,16H,4-6,9,11H2,1-3H3. The molecule has 0 aromatic heterocycles. The van der Waals surface area contributed by atoms with E-state index in [1.54, 1.807) is 22.5 Å². The van der Waals surface area contributed by atoms with Crippen LogP contribution < -0.4 is 10.1 Å². The van der Waals surface area contributed by atoms with Crippen molar-refractivity contribution in [3.63, 3.8) is 0 Å². The minimum absolute atomic E-state index is 0.234. The number of hydrogen-bond donors (Lipinski definition) is 1. The Balaban J connectivity index is 2.25. The Labute approximate surface area is 127 Å². The predicted octanol–water partition coefficient (Wildman–Crippen LogP) is 1.77. The van der Waals surface area contributed by atoms with E-state index in [1.165, 1.54) is 0 Å². The molecule has 1 N–H and O–H groups in total. The average molecular weight is 312 g/mol. The summed E-state index contributed by atoms with van der Waals surface area (Å²) >= 11 is 0. The molecule has 0 saturated carbocycles. The molecular formula is C15H24N2O3S. The third kappa shape index (κ3) is 3.56. The van der Waals surface area contributed by atoms with Crippen LogP contribution in [0.4, 0.5) is 0 Å². The molecule has 6 heteroatoms. The summed E-state index contributed by atoms with van der Waals surface area (Å²) in [6.07, 6.45) is 1.91. The molecular weight excluding hydrogens is 288 g/mol. The maximum Gasteiger partial charge on any atom is 0.243 e. The van der Waals surface area contributed by atoms with Crippen LogP contribution in [0.5, 0.6) is 5.75 Å². The summed E-state index contributed by atoms with van der Waals surface area (Å²) in [4.78, 5) is 0.347. The van der Waals surface area contributed by atoms with Gasteiger partial charge < -0.3 is 10.1 Å². The predicted molar refractivity (Wildman–Crippen MR) is 83.2 cm³/mol. The van der Waals surface area contributed by atoms with Gasteiger partial charge in [-0.3, -0.25) is 0 Å². The zero-order chi connectivity index (χ0) is 15.5. The van der Waals surface area contributed by atoms with Crippen LogP contribution in [-0.2, 0) is 10.0 Å². The van der Waals surface area contributed by atoms with Crippen LogP contribution in [0.1, 0.15) is 25.3 Å². The highest BCUT2D eigenvalue weighted by atomic mass is 32.2. The Hall–Kier alpha value is -1.11. The van der Waals surface area contributed by atoms with E-state index in [4.69, 9.17) is 4.74 Å². The zero-order valence-electron chi connectivity index (χ0n) is 12.9. The van der Waals surface area contributed by atoms with E-state index >= 15 is 0 Å². The molecule has 5 nitrogen and oxygen atoms in total. The van der Waals surface area contributed by atoms with Crippen LogP contribution in [-0.4, -0.2) is 45.5 Å². The van der Waals surface area contributed by atoms with Crippen LogP contribution in [0.25, 0.3) is 0 Å². The summed E-state index contributed by atoms with van der Waals surface area (Å²) in [5.41, 5.74) is 0.847. The number of piperidine rings is 1. The van der Waals surface area contributed by atoms with E-state index < -0.39 is 10.0 Å². The molecule has 118 valence electrons. The van der Waals surface area contributed by atoms with Crippen LogP contribution in [0.3, 0.4) is 0 Å². The molecule has 1 saturated heterocycles. The lowest BCUT2D eigenvalue weighted by Gasteiger charge is -2.31. The lowest BCUT2D eigenvalue weighted by molar-refractivity contribution is 0.292. The minimum Gasteiger partial charge on any atom is -0.494 e. The molecule has 0 radical (unpaired) electrons. The first kappa shape index (κ1) is 16.3. The third-order valence-electron chi connectivity index (χ3n) is 3.88. The van der Waals surface area contributed by atoms with Crippen LogP contribution in [0.2, 0.25) is 0 Å². The second-order valence-electron chi connectivity index (χ2n) is 5.35. The van der Waals surface area contributed by atoms with Gasteiger partial charge in [0.1, 0.15) is 5.75 Å². The Bertz CT molecular complexity index is 587. The number of likely N-dealkylation sites (N-methyl/N-ethyl adjacent to an activating group) is 1. The van der Waals surface area contributed by atoms with Gasteiger partial charge in [0.15, 0.2) is 0 Å². The SMILES string of the molecule is CCOc1ccc(S(=O)(=O)N2CCCC(NC)C2)cc1C. The normalized spacial score (nSPS) is 20.4. The molecule has 2 rings (SSSR count). The van der Waals surface area contributed by atoms with Crippen molar-refractivity contribution in [3.05, 3.63) is 23.8 Å². The lowest BCUT2D eigenvalue weighted by Crippen LogP contribution is -2.46. The number of sulfonamides is 1. The van der Waals surface area contributed by atoms with Gasteiger partial charge in [0.25, 0.3) is 0 Å². The molecule has 1 aromatic rings. The largest absolute Gasteiger partial charge is 0.494 e. The minimum atomic E-state index is -3.42. The van der Waals surface area contributed by atoms with Crippen molar-refractivity contribution in [2.75, 3.05) is 26.7 Å². The molecule has 0 spiro atoms. The lowest BCUT2D eigenvalue weighted by atomic mass is 10.1. The fourth-order valence-electron chi connectivity index (χ4n) is 2.65. The molecule has 1 unspecified atom stereocenters. The van der Waals surface area contributed by atoms with Crippen LogP contribution >= 0.6 is 0 Å². The second kappa shape index (κ2) is 6.77. The van der Waals surface area contributed by atoms with Gasteiger partial charge in [-0.1, -0.05) is 0 Å². The fourth-order valence-corrected chi connectivity index (χ4v) is 4.25. The number of hydrogen-bond acceptors (Lipinski definition) is 4. The molecule has 0 bridgehead atoms. The van der Waals surface area contributed by atoms with E-state index in [0.717, 1.165) is 24.2 Å². The van der Waals surface area contributed by atoms with Gasteiger partial charge in [0, 0.05) is 19.1 Å². The smallest absolute Gasteiger partial charge is 0.243 e. The first-order valence-corrected chi connectivity index (χ1v) is 8.84. The first-order valence-electron chi connectivity index (χ1n) is 7.40. The van der Waals surface area contributed by atoms with Crippen molar-refractivity contribution >= 4 is 10.0 Å². The molecule has 1 aliphatic rings. The summed E-state index contributed by atoms with van der Waals surface area (Å²) in [6.45, 7) is 5.48. The van der Waals surface area contributed by atoms with Crippen LogP contribution in [0, 0.1) is 6.92 Å². The fraction of sp³-hybridized carbons (Fsp3) is 0.600. The van der Waals surface area contributed by atoms with E-state index in [0.29, 0.717) is 24.6 Å². The molecule has 1 aliphatic heterocycles. The highest BCUT2D eigenvalue weighted by molar-refractivity contribution is 7.89. The van der Waals surface area contributed by atoms with E-state index in [9.17, 15) is 8.42 Å². The van der Waals surface area contributed by atoms with Gasteiger partial charge in [-0.25, -0.2) is 8.42 Å². The highest BCUT2D eigenvalue weighted by Gasteiger charge is 2.29. The summed E-state index contributed by atoms with van der Waals surface area (Å²) in [5.74, 6) is 0.739. The van der Waals surface area contributed by atoms with E-state index in [2.05, 4.69) is 5.32 Å². The first-order chi connectivity index (χ1) is 9.98. The topological polar surface area (TPSA) is 58.6 Å². The van der Waals surface area contributed by atoms with Gasteiger partial charge in [-0.15, -0.1) is 0 Å². The van der Waals surface area contributed by atoms with Crippen molar-refractivity contribution in [2.45, 2.75) is 37.6 Å². The van der Waals surface area contributed by atoms with Gasteiger partial charge >= 0.3 is 0 Å². The Kier molecular flexibility index (Phi) is 5.24. The number of nitrogens with one attached hydrogen (secondary N) is 1. The maximum absolute atomic E-state index is 12.7. The Morgan fingerprint density at radius 3 is 2.81 bits per heavy atom. The maximum atomic E-state index is 12.7.